The van der Waals surface area contributed by atoms with Gasteiger partial charge in [-0.2, -0.15) is 0 Å². The zero-order valence-electron chi connectivity index (χ0n) is 13.9. The van der Waals surface area contributed by atoms with E-state index in [9.17, 15) is 0 Å². The molecule has 0 fully saturated rings. The molecule has 120 valence electrons. The molecule has 0 unspecified atom stereocenters. The molecule has 0 saturated carbocycles. The van der Waals surface area contributed by atoms with Crippen LogP contribution in [0.3, 0.4) is 0 Å². The predicted octanol–water partition coefficient (Wildman–Crippen LogP) is 4.39. The van der Waals surface area contributed by atoms with E-state index < -0.39 is 0 Å². The Bertz CT molecular complexity index is 561. The summed E-state index contributed by atoms with van der Waals surface area (Å²) in [5.74, 6) is 1.60. The molecule has 0 radical (unpaired) electrons. The number of aromatic nitrogens is 1. The highest BCUT2D eigenvalue weighted by molar-refractivity contribution is 7.09. The average Bonchev–Trinajstić information content (AvgIpc) is 2.92. The van der Waals surface area contributed by atoms with Crippen molar-refractivity contribution in [3.63, 3.8) is 0 Å². The Morgan fingerprint density at radius 3 is 2.50 bits per heavy atom. The standard InChI is InChI=1S/C18H26N2OS/c1-13(2)11-19-10-9-18-20-17(12-22-18)15-5-7-16(8-6-15)21-14(3)4/h5-8,12-14,19H,9-11H2,1-4H3. The third-order valence-electron chi connectivity index (χ3n) is 3.14. The van der Waals surface area contributed by atoms with Crippen LogP contribution in [0.15, 0.2) is 29.6 Å². The van der Waals surface area contributed by atoms with Crippen molar-refractivity contribution < 1.29 is 4.74 Å². The SMILES string of the molecule is CC(C)CNCCc1nc(-c2ccc(OC(C)C)cc2)cs1. The normalized spacial score (nSPS) is 11.4. The van der Waals surface area contributed by atoms with Crippen molar-refractivity contribution >= 4 is 11.3 Å². The van der Waals surface area contributed by atoms with Crippen molar-refractivity contribution in [2.45, 2.75) is 40.2 Å². The summed E-state index contributed by atoms with van der Waals surface area (Å²) >= 11 is 1.74. The minimum Gasteiger partial charge on any atom is -0.491 e. The first-order chi connectivity index (χ1) is 10.5. The summed E-state index contributed by atoms with van der Waals surface area (Å²) in [6, 6.07) is 8.18. The van der Waals surface area contributed by atoms with Crippen LogP contribution >= 0.6 is 11.3 Å². The van der Waals surface area contributed by atoms with Gasteiger partial charge in [0.2, 0.25) is 0 Å². The van der Waals surface area contributed by atoms with Gasteiger partial charge in [-0.25, -0.2) is 4.98 Å². The van der Waals surface area contributed by atoms with Crippen LogP contribution < -0.4 is 10.1 Å². The van der Waals surface area contributed by atoms with Crippen LogP contribution in [0.1, 0.15) is 32.7 Å². The van der Waals surface area contributed by atoms with Crippen molar-refractivity contribution in [2.75, 3.05) is 13.1 Å². The summed E-state index contributed by atoms with van der Waals surface area (Å²) in [5, 5.41) is 6.78. The number of hydrogen-bond acceptors (Lipinski definition) is 4. The summed E-state index contributed by atoms with van der Waals surface area (Å²) in [6.45, 7) is 10.6. The second-order valence-electron chi connectivity index (χ2n) is 6.17. The van der Waals surface area contributed by atoms with E-state index in [2.05, 4.69) is 36.7 Å². The maximum absolute atomic E-state index is 5.67. The minimum atomic E-state index is 0.204. The molecule has 0 atom stereocenters. The molecule has 0 aliphatic heterocycles. The molecule has 2 aromatic rings. The van der Waals surface area contributed by atoms with E-state index in [0.717, 1.165) is 36.5 Å². The highest BCUT2D eigenvalue weighted by atomic mass is 32.1. The number of thiazole rings is 1. The number of benzene rings is 1. The third kappa shape index (κ3) is 5.43. The van der Waals surface area contributed by atoms with Crippen molar-refractivity contribution in [3.05, 3.63) is 34.7 Å². The summed E-state index contributed by atoms with van der Waals surface area (Å²) < 4.78 is 5.67. The maximum Gasteiger partial charge on any atom is 0.119 e. The molecule has 1 aromatic heterocycles. The van der Waals surface area contributed by atoms with E-state index in [0.29, 0.717) is 5.92 Å². The van der Waals surface area contributed by atoms with Crippen molar-refractivity contribution in [3.8, 4) is 17.0 Å². The summed E-state index contributed by atoms with van der Waals surface area (Å²) in [6.07, 6.45) is 1.20. The van der Waals surface area contributed by atoms with Crippen LogP contribution in [-0.4, -0.2) is 24.2 Å². The van der Waals surface area contributed by atoms with Crippen LogP contribution in [0.25, 0.3) is 11.3 Å². The Kier molecular flexibility index (Phi) is 6.40. The molecular weight excluding hydrogens is 292 g/mol. The van der Waals surface area contributed by atoms with Crippen LogP contribution in [0, 0.1) is 5.92 Å². The first-order valence-corrected chi connectivity index (χ1v) is 8.84. The van der Waals surface area contributed by atoms with E-state index in [-0.39, 0.29) is 6.10 Å². The topological polar surface area (TPSA) is 34.2 Å². The van der Waals surface area contributed by atoms with Gasteiger partial charge >= 0.3 is 0 Å². The lowest BCUT2D eigenvalue weighted by Crippen LogP contribution is -2.22. The molecule has 3 nitrogen and oxygen atoms in total. The Labute approximate surface area is 137 Å². The third-order valence-corrected chi connectivity index (χ3v) is 4.05. The molecule has 2 rings (SSSR count). The van der Waals surface area contributed by atoms with Gasteiger partial charge in [0.05, 0.1) is 16.8 Å². The molecule has 0 saturated heterocycles. The van der Waals surface area contributed by atoms with Gasteiger partial charge in [0.15, 0.2) is 0 Å². The molecule has 0 bridgehead atoms. The quantitative estimate of drug-likeness (QED) is 0.733. The lowest BCUT2D eigenvalue weighted by atomic mass is 10.2. The van der Waals surface area contributed by atoms with Gasteiger partial charge in [0.25, 0.3) is 0 Å². The van der Waals surface area contributed by atoms with Gasteiger partial charge in [-0.05, 0) is 50.6 Å². The molecule has 1 aromatic carbocycles. The average molecular weight is 318 g/mol. The van der Waals surface area contributed by atoms with Crippen molar-refractivity contribution in [2.24, 2.45) is 5.92 Å². The largest absolute Gasteiger partial charge is 0.491 e. The van der Waals surface area contributed by atoms with Gasteiger partial charge in [0, 0.05) is 23.9 Å². The number of nitrogens with zero attached hydrogens (tertiary/aromatic N) is 1. The van der Waals surface area contributed by atoms with Crippen LogP contribution in [0.2, 0.25) is 0 Å². The van der Waals surface area contributed by atoms with Gasteiger partial charge in [-0.3, -0.25) is 0 Å². The van der Waals surface area contributed by atoms with Gasteiger partial charge < -0.3 is 10.1 Å². The number of hydrogen-bond donors (Lipinski definition) is 1. The van der Waals surface area contributed by atoms with Crippen molar-refractivity contribution in [1.29, 1.82) is 0 Å². The maximum atomic E-state index is 5.67. The van der Waals surface area contributed by atoms with E-state index in [4.69, 9.17) is 9.72 Å². The number of nitrogens with one attached hydrogen (secondary N) is 1. The van der Waals surface area contributed by atoms with Crippen LogP contribution in [0.5, 0.6) is 5.75 Å². The molecule has 0 amide bonds. The molecular formula is C18H26N2OS. The minimum absolute atomic E-state index is 0.204. The fraction of sp³-hybridized carbons (Fsp3) is 0.500. The molecule has 1 heterocycles. The number of ether oxygens (including phenoxy) is 1. The highest BCUT2D eigenvalue weighted by Crippen LogP contribution is 2.24. The predicted molar refractivity (Wildman–Crippen MR) is 94.7 cm³/mol. The summed E-state index contributed by atoms with van der Waals surface area (Å²) in [4.78, 5) is 4.73. The van der Waals surface area contributed by atoms with Gasteiger partial charge in [0.1, 0.15) is 5.75 Å². The summed E-state index contributed by atoms with van der Waals surface area (Å²) in [5.41, 5.74) is 2.20. The van der Waals surface area contributed by atoms with E-state index in [1.54, 1.807) is 11.3 Å². The highest BCUT2D eigenvalue weighted by Gasteiger charge is 2.05. The van der Waals surface area contributed by atoms with Gasteiger partial charge in [-0.1, -0.05) is 13.8 Å². The molecule has 0 spiro atoms. The smallest absolute Gasteiger partial charge is 0.119 e. The Balaban J connectivity index is 1.90. The van der Waals surface area contributed by atoms with E-state index in [1.165, 1.54) is 5.01 Å². The van der Waals surface area contributed by atoms with Crippen LogP contribution in [-0.2, 0) is 6.42 Å². The fourth-order valence-electron chi connectivity index (χ4n) is 2.12. The Morgan fingerprint density at radius 2 is 1.86 bits per heavy atom. The molecule has 22 heavy (non-hydrogen) atoms. The molecule has 1 N–H and O–H groups in total. The first kappa shape index (κ1) is 17.0. The second-order valence-corrected chi connectivity index (χ2v) is 7.11. The zero-order chi connectivity index (χ0) is 15.9. The zero-order valence-corrected chi connectivity index (χ0v) is 14.7. The fourth-order valence-corrected chi connectivity index (χ4v) is 2.93. The Hall–Kier alpha value is -1.39. The van der Waals surface area contributed by atoms with Crippen molar-refractivity contribution in [1.82, 2.24) is 10.3 Å². The Morgan fingerprint density at radius 1 is 1.14 bits per heavy atom. The monoisotopic (exact) mass is 318 g/mol. The summed E-state index contributed by atoms with van der Waals surface area (Å²) in [7, 11) is 0. The lowest BCUT2D eigenvalue weighted by molar-refractivity contribution is 0.242. The molecule has 4 heteroatoms. The second kappa shape index (κ2) is 8.30. The van der Waals surface area contributed by atoms with E-state index >= 15 is 0 Å². The molecule has 0 aliphatic rings. The number of rotatable bonds is 8. The van der Waals surface area contributed by atoms with Crippen LogP contribution in [0.4, 0.5) is 0 Å². The lowest BCUT2D eigenvalue weighted by Gasteiger charge is -2.09. The molecule has 0 aliphatic carbocycles. The van der Waals surface area contributed by atoms with Gasteiger partial charge in [-0.15, -0.1) is 11.3 Å². The first-order valence-electron chi connectivity index (χ1n) is 7.97. The van der Waals surface area contributed by atoms with E-state index in [1.807, 2.05) is 26.0 Å².